The van der Waals surface area contributed by atoms with Crippen molar-refractivity contribution in [1.82, 2.24) is 0 Å². The summed E-state index contributed by atoms with van der Waals surface area (Å²) >= 11 is 0. The van der Waals surface area contributed by atoms with Gasteiger partial charge in [0.15, 0.2) is 17.8 Å². The highest BCUT2D eigenvalue weighted by Gasteiger charge is 2.17. The highest BCUT2D eigenvalue weighted by molar-refractivity contribution is 7.06. The molecule has 1 saturated heterocycles. The van der Waals surface area contributed by atoms with Crippen LogP contribution < -0.4 is 0 Å². The van der Waals surface area contributed by atoms with E-state index in [0.717, 1.165) is 19.1 Å². The van der Waals surface area contributed by atoms with Crippen molar-refractivity contribution in [2.45, 2.75) is 39.2 Å². The Labute approximate surface area is 85.5 Å². The van der Waals surface area contributed by atoms with E-state index in [2.05, 4.69) is 13.8 Å². The van der Waals surface area contributed by atoms with Gasteiger partial charge >= 0.3 is 0 Å². The van der Waals surface area contributed by atoms with Crippen LogP contribution in [0.2, 0.25) is 6.04 Å². The maximum absolute atomic E-state index is 5.91. The molecular weight excluding hydrogens is 196 g/mol. The van der Waals surface area contributed by atoms with E-state index in [1.807, 2.05) is 0 Å². The molecule has 0 bridgehead atoms. The molecule has 1 rings (SSSR count). The molecule has 0 saturated carbocycles. The van der Waals surface area contributed by atoms with E-state index in [1.165, 1.54) is 25.3 Å². The van der Waals surface area contributed by atoms with Crippen molar-refractivity contribution in [3.05, 3.63) is 0 Å². The van der Waals surface area contributed by atoms with Crippen LogP contribution in [0.4, 0.5) is 0 Å². The average molecular weight is 218 g/mol. The Balaban J connectivity index is 1.92. The molecule has 0 amide bonds. The van der Waals surface area contributed by atoms with Gasteiger partial charge in [-0.25, -0.2) is 0 Å². The summed E-state index contributed by atoms with van der Waals surface area (Å²) in [4.78, 5) is 0. The lowest BCUT2D eigenvalue weighted by Crippen LogP contribution is -2.33. The van der Waals surface area contributed by atoms with Crippen molar-refractivity contribution < 1.29 is 8.85 Å². The summed E-state index contributed by atoms with van der Waals surface area (Å²) in [6.07, 6.45) is 3.81. The largest absolute Gasteiger partial charge is 0.425 e. The fraction of sp³-hybridized carbons (Fsp3) is 1.00. The fourth-order valence-electron chi connectivity index (χ4n) is 1.58. The molecule has 0 aromatic carbocycles. The van der Waals surface area contributed by atoms with Gasteiger partial charge in [-0.3, -0.25) is 0 Å². The quantitative estimate of drug-likeness (QED) is 0.509. The van der Waals surface area contributed by atoms with Crippen molar-refractivity contribution in [2.24, 2.45) is 5.92 Å². The molecule has 1 atom stereocenters. The summed E-state index contributed by atoms with van der Waals surface area (Å²) < 4.78 is 11.4. The topological polar surface area (TPSA) is 18.5 Å². The molecular formula is C9H22O2Si2. The van der Waals surface area contributed by atoms with Gasteiger partial charge in [0.25, 0.3) is 0 Å². The molecule has 0 aromatic heterocycles. The molecule has 0 aliphatic carbocycles. The third-order valence-electron chi connectivity index (χ3n) is 2.40. The van der Waals surface area contributed by atoms with Crippen molar-refractivity contribution in [1.29, 1.82) is 0 Å². The fourth-order valence-corrected chi connectivity index (χ4v) is 7.21. The van der Waals surface area contributed by atoms with E-state index in [0.29, 0.717) is 0 Å². The highest BCUT2D eigenvalue weighted by atomic mass is 29.2. The molecule has 0 radical (unpaired) electrons. The van der Waals surface area contributed by atoms with Crippen molar-refractivity contribution in [3.63, 3.8) is 0 Å². The second-order valence-corrected chi connectivity index (χ2v) is 10.9. The summed E-state index contributed by atoms with van der Waals surface area (Å²) in [7, 11) is -0.981. The van der Waals surface area contributed by atoms with Gasteiger partial charge < -0.3 is 8.85 Å². The molecule has 78 valence electrons. The number of hydrogen-bond acceptors (Lipinski definition) is 2. The highest BCUT2D eigenvalue weighted by Crippen LogP contribution is 2.08. The van der Waals surface area contributed by atoms with Crippen LogP contribution >= 0.6 is 0 Å². The molecule has 1 unspecified atom stereocenters. The minimum absolute atomic E-state index is 0.208. The van der Waals surface area contributed by atoms with E-state index < -0.39 is 8.56 Å². The first-order valence-corrected chi connectivity index (χ1v) is 10.6. The Morgan fingerprint density at radius 2 is 2.38 bits per heavy atom. The Morgan fingerprint density at radius 1 is 1.54 bits per heavy atom. The van der Waals surface area contributed by atoms with Gasteiger partial charge in [-0.1, -0.05) is 13.8 Å². The third kappa shape index (κ3) is 5.62. The lowest BCUT2D eigenvalue weighted by molar-refractivity contribution is 0.279. The van der Waals surface area contributed by atoms with Crippen LogP contribution in [0.25, 0.3) is 0 Å². The van der Waals surface area contributed by atoms with Gasteiger partial charge in [0.05, 0.1) is 0 Å². The van der Waals surface area contributed by atoms with Crippen LogP contribution in [0.5, 0.6) is 0 Å². The molecule has 13 heavy (non-hydrogen) atoms. The molecule has 1 fully saturated rings. The summed E-state index contributed by atoms with van der Waals surface area (Å²) in [6, 6.07) is 1.38. The van der Waals surface area contributed by atoms with E-state index in [9.17, 15) is 0 Å². The first-order valence-electron chi connectivity index (χ1n) is 5.48. The van der Waals surface area contributed by atoms with Crippen molar-refractivity contribution >= 4 is 17.8 Å². The second kappa shape index (κ2) is 6.76. The molecule has 1 aliphatic heterocycles. The zero-order valence-electron chi connectivity index (χ0n) is 8.92. The third-order valence-corrected chi connectivity index (χ3v) is 8.81. The van der Waals surface area contributed by atoms with E-state index >= 15 is 0 Å². The Kier molecular flexibility index (Phi) is 5.94. The van der Waals surface area contributed by atoms with Gasteiger partial charge in [0.2, 0.25) is 0 Å². The maximum atomic E-state index is 5.91. The van der Waals surface area contributed by atoms with Crippen LogP contribution in [-0.2, 0) is 8.85 Å². The van der Waals surface area contributed by atoms with Crippen LogP contribution in [0, 0.1) is 5.92 Å². The van der Waals surface area contributed by atoms with Gasteiger partial charge in [-0.05, 0) is 31.2 Å². The zero-order chi connectivity index (χ0) is 9.52. The van der Waals surface area contributed by atoms with E-state index in [-0.39, 0.29) is 9.28 Å². The average Bonchev–Trinajstić information content (AvgIpc) is 2.14. The first-order chi connectivity index (χ1) is 6.29. The number of rotatable bonds is 5. The first kappa shape index (κ1) is 11.4. The van der Waals surface area contributed by atoms with Crippen molar-refractivity contribution in [3.8, 4) is 0 Å². The maximum Gasteiger partial charge on any atom is 0.189 e. The van der Waals surface area contributed by atoms with Gasteiger partial charge in [0.1, 0.15) is 0 Å². The lowest BCUT2D eigenvalue weighted by atomic mass is 10.1. The molecule has 0 aromatic rings. The Hall–Kier alpha value is 0.354. The standard InChI is InChI=1S/C9H22O2Si2/c1-9(2)5-3-7-11-13-8-4-6-10-12-13/h9,13H,3-8,12H2,1-2H3. The lowest BCUT2D eigenvalue weighted by Gasteiger charge is -2.20. The molecule has 2 nitrogen and oxygen atoms in total. The smallest absolute Gasteiger partial charge is 0.189 e. The second-order valence-electron chi connectivity index (χ2n) is 4.25. The normalized spacial score (nSPS) is 25.6. The Morgan fingerprint density at radius 3 is 3.00 bits per heavy atom. The molecule has 1 aliphatic rings. The van der Waals surface area contributed by atoms with E-state index in [4.69, 9.17) is 8.85 Å². The summed E-state index contributed by atoms with van der Waals surface area (Å²) in [5.41, 5.74) is 0. The monoisotopic (exact) mass is 218 g/mol. The predicted molar refractivity (Wildman–Crippen MR) is 61.1 cm³/mol. The molecule has 0 N–H and O–H groups in total. The van der Waals surface area contributed by atoms with Gasteiger partial charge in [-0.15, -0.1) is 0 Å². The minimum Gasteiger partial charge on any atom is -0.425 e. The SMILES string of the molecule is CC(C)CCCO[SiH]1CCCO[SiH2]1. The molecule has 1 heterocycles. The minimum atomic E-state index is -0.772. The summed E-state index contributed by atoms with van der Waals surface area (Å²) in [5.74, 6) is 0.824. The van der Waals surface area contributed by atoms with Crippen LogP contribution in [0.3, 0.4) is 0 Å². The van der Waals surface area contributed by atoms with Gasteiger partial charge in [0, 0.05) is 13.2 Å². The van der Waals surface area contributed by atoms with E-state index in [1.54, 1.807) is 0 Å². The predicted octanol–water partition coefficient (Wildman–Crippen LogP) is 1.16. The molecule has 4 heteroatoms. The zero-order valence-corrected chi connectivity index (χ0v) is 11.5. The summed E-state index contributed by atoms with van der Waals surface area (Å²) in [5, 5.41) is 0. The van der Waals surface area contributed by atoms with Crippen molar-refractivity contribution in [2.75, 3.05) is 13.2 Å². The number of hydrogen-bond donors (Lipinski definition) is 0. The van der Waals surface area contributed by atoms with Gasteiger partial charge in [-0.2, -0.15) is 0 Å². The van der Waals surface area contributed by atoms with Crippen LogP contribution in [0.15, 0.2) is 0 Å². The Bertz CT molecular complexity index is 125. The van der Waals surface area contributed by atoms with Crippen LogP contribution in [-0.4, -0.2) is 31.1 Å². The van der Waals surface area contributed by atoms with Crippen LogP contribution in [0.1, 0.15) is 33.1 Å². The molecule has 0 spiro atoms. The summed E-state index contributed by atoms with van der Waals surface area (Å²) in [6.45, 7) is 6.57.